The molecular formula is C27H35N3O8. The number of benzene rings is 1. The van der Waals surface area contributed by atoms with Gasteiger partial charge in [-0.1, -0.05) is 0 Å². The summed E-state index contributed by atoms with van der Waals surface area (Å²) in [5.41, 5.74) is 3.01. The van der Waals surface area contributed by atoms with Crippen LogP contribution in [0.25, 0.3) is 5.76 Å². The van der Waals surface area contributed by atoms with E-state index in [4.69, 9.17) is 10.6 Å². The Hall–Kier alpha value is -3.41. The van der Waals surface area contributed by atoms with E-state index in [0.29, 0.717) is 16.8 Å². The molecule has 38 heavy (non-hydrogen) atoms. The number of fused-ring (bicyclic) bond motifs is 3. The molecule has 1 fully saturated rings. The summed E-state index contributed by atoms with van der Waals surface area (Å²) in [6, 6.07) is 1.80. The number of phenols is 1. The lowest BCUT2D eigenvalue weighted by atomic mass is 9.59. The quantitative estimate of drug-likeness (QED) is 0.279. The Kier molecular flexibility index (Phi) is 6.62. The summed E-state index contributed by atoms with van der Waals surface area (Å²) >= 11 is 0. The van der Waals surface area contributed by atoms with Crippen molar-refractivity contribution in [1.82, 2.24) is 5.06 Å². The van der Waals surface area contributed by atoms with E-state index in [2.05, 4.69) is 0 Å². The Morgan fingerprint density at radius 2 is 1.79 bits per heavy atom. The van der Waals surface area contributed by atoms with Crippen LogP contribution in [-0.2, 0) is 32.2 Å². The van der Waals surface area contributed by atoms with Crippen molar-refractivity contribution in [3.63, 3.8) is 0 Å². The lowest BCUT2D eigenvalue weighted by molar-refractivity contribution is -0.219. The minimum atomic E-state index is -2.59. The molecule has 0 unspecified atom stereocenters. The summed E-state index contributed by atoms with van der Waals surface area (Å²) in [6.07, 6.45) is -0.0304. The summed E-state index contributed by atoms with van der Waals surface area (Å²) in [7, 11) is 5.35. The number of primary amides is 1. The van der Waals surface area contributed by atoms with Gasteiger partial charge in [0.25, 0.3) is 5.91 Å². The van der Waals surface area contributed by atoms with Crippen LogP contribution in [-0.4, -0.2) is 75.3 Å². The number of carbonyl (C=O) groups excluding carboxylic acids is 3. The van der Waals surface area contributed by atoms with Crippen molar-refractivity contribution in [2.75, 3.05) is 26.0 Å². The lowest BCUT2D eigenvalue weighted by Crippen LogP contribution is -2.58. The number of amides is 1. The summed E-state index contributed by atoms with van der Waals surface area (Å²) in [5, 5.41) is 46.4. The van der Waals surface area contributed by atoms with Crippen molar-refractivity contribution in [2.45, 2.75) is 57.8 Å². The van der Waals surface area contributed by atoms with Gasteiger partial charge in [0.15, 0.2) is 11.4 Å². The molecule has 3 atom stereocenters. The molecule has 4 rings (SSSR count). The maximum Gasteiger partial charge on any atom is 0.255 e. The van der Waals surface area contributed by atoms with Crippen molar-refractivity contribution < 1.29 is 39.6 Å². The number of rotatable bonds is 5. The number of aliphatic hydroxyl groups is 3. The molecule has 11 nitrogen and oxygen atoms in total. The monoisotopic (exact) mass is 529 g/mol. The van der Waals surface area contributed by atoms with Gasteiger partial charge in [-0.25, -0.2) is 0 Å². The van der Waals surface area contributed by atoms with Crippen LogP contribution in [0.3, 0.4) is 0 Å². The Morgan fingerprint density at radius 1 is 1.16 bits per heavy atom. The van der Waals surface area contributed by atoms with Gasteiger partial charge < -0.3 is 31.1 Å². The molecular weight excluding hydrogens is 494 g/mol. The van der Waals surface area contributed by atoms with Crippen LogP contribution in [0.4, 0.5) is 5.69 Å². The average molecular weight is 530 g/mol. The lowest BCUT2D eigenvalue weighted by Gasteiger charge is -2.46. The number of aromatic hydroxyl groups is 1. The third-order valence-electron chi connectivity index (χ3n) is 7.42. The van der Waals surface area contributed by atoms with Gasteiger partial charge in [0.1, 0.15) is 22.8 Å². The van der Waals surface area contributed by atoms with E-state index in [-0.39, 0.29) is 42.7 Å². The highest BCUT2D eigenvalue weighted by atomic mass is 16.7. The highest BCUT2D eigenvalue weighted by molar-refractivity contribution is 6.22. The molecule has 3 aliphatic rings. The number of Topliss-reactive ketones (excluding diaryl/α,β-unsaturated/α-hetero) is 2. The molecule has 0 aromatic heterocycles. The normalized spacial score (nSPS) is 25.4. The molecule has 3 aliphatic carbocycles. The number of phenolic OH excluding ortho intramolecular Hbond substituents is 1. The topological polar surface area (TPSA) is 174 Å². The SMILES string of the molecule is CN(Cc1cc(N(C)C)c2c(c1O)C(O)=C1C(=O)[C@]3(O)C(O)=C(C(N)=O)C(=O)C[C@@H]3C[C@@H]1C2)OC(C)(C)C. The molecule has 1 aromatic carbocycles. The van der Waals surface area contributed by atoms with Crippen molar-refractivity contribution in [2.24, 2.45) is 17.6 Å². The zero-order chi connectivity index (χ0) is 28.5. The van der Waals surface area contributed by atoms with Crippen molar-refractivity contribution in [3.8, 4) is 5.75 Å². The van der Waals surface area contributed by atoms with Gasteiger partial charge in [0.05, 0.1) is 17.7 Å². The number of nitrogens with zero attached hydrogens (tertiary/aromatic N) is 2. The second-order valence-electron chi connectivity index (χ2n) is 11.5. The summed E-state index contributed by atoms with van der Waals surface area (Å²) in [4.78, 5) is 45.7. The molecule has 0 radical (unpaired) electrons. The molecule has 0 aliphatic heterocycles. The van der Waals surface area contributed by atoms with Gasteiger partial charge in [0, 0.05) is 50.3 Å². The molecule has 0 spiro atoms. The molecule has 11 heteroatoms. The molecule has 1 saturated carbocycles. The fraction of sp³-hybridized carbons (Fsp3) is 0.519. The van der Waals surface area contributed by atoms with E-state index in [1.165, 1.54) is 0 Å². The molecule has 0 saturated heterocycles. The number of anilines is 1. The maximum atomic E-state index is 13.7. The van der Waals surface area contributed by atoms with Crippen LogP contribution in [0.5, 0.6) is 5.75 Å². The molecule has 1 aromatic rings. The second kappa shape index (κ2) is 9.11. The maximum absolute atomic E-state index is 13.7. The van der Waals surface area contributed by atoms with E-state index in [9.17, 15) is 34.8 Å². The highest BCUT2D eigenvalue weighted by Crippen LogP contribution is 2.53. The fourth-order valence-electron chi connectivity index (χ4n) is 5.98. The van der Waals surface area contributed by atoms with Gasteiger partial charge in [-0.15, -0.1) is 0 Å². The summed E-state index contributed by atoms with van der Waals surface area (Å²) in [5.74, 6) is -6.45. The first-order valence-corrected chi connectivity index (χ1v) is 12.4. The number of hydroxylamine groups is 2. The van der Waals surface area contributed by atoms with E-state index < -0.39 is 57.6 Å². The zero-order valence-corrected chi connectivity index (χ0v) is 22.5. The van der Waals surface area contributed by atoms with E-state index in [1.54, 1.807) is 18.2 Å². The summed E-state index contributed by atoms with van der Waals surface area (Å²) < 4.78 is 0. The Morgan fingerprint density at radius 3 is 2.34 bits per heavy atom. The third-order valence-corrected chi connectivity index (χ3v) is 7.42. The Bertz CT molecular complexity index is 1310. The number of carbonyl (C=O) groups is 3. The molecule has 1 amide bonds. The van der Waals surface area contributed by atoms with E-state index in [0.717, 1.165) is 0 Å². The second-order valence-corrected chi connectivity index (χ2v) is 11.5. The van der Waals surface area contributed by atoms with Gasteiger partial charge in [-0.2, -0.15) is 5.06 Å². The molecule has 6 N–H and O–H groups in total. The van der Waals surface area contributed by atoms with Gasteiger partial charge >= 0.3 is 0 Å². The highest BCUT2D eigenvalue weighted by Gasteiger charge is 2.60. The van der Waals surface area contributed by atoms with Crippen LogP contribution >= 0.6 is 0 Å². The smallest absolute Gasteiger partial charge is 0.255 e. The van der Waals surface area contributed by atoms with Gasteiger partial charge in [-0.3, -0.25) is 19.2 Å². The minimum Gasteiger partial charge on any atom is -0.508 e. The third kappa shape index (κ3) is 4.24. The number of hydrogen-bond donors (Lipinski definition) is 5. The van der Waals surface area contributed by atoms with E-state index in [1.807, 2.05) is 39.8 Å². The number of nitrogens with two attached hydrogens (primary N) is 1. The van der Waals surface area contributed by atoms with Crippen LogP contribution in [0.2, 0.25) is 0 Å². The van der Waals surface area contributed by atoms with Crippen LogP contribution in [0.15, 0.2) is 23.0 Å². The van der Waals surface area contributed by atoms with E-state index >= 15 is 0 Å². The Labute approximate surface area is 220 Å². The first-order valence-electron chi connectivity index (χ1n) is 12.4. The number of aliphatic hydroxyl groups excluding tert-OH is 2. The van der Waals surface area contributed by atoms with Crippen molar-refractivity contribution in [3.05, 3.63) is 39.7 Å². The minimum absolute atomic E-state index is 0.0579. The van der Waals surface area contributed by atoms with Crippen LogP contribution in [0.1, 0.15) is 50.3 Å². The number of hydrogen-bond acceptors (Lipinski definition) is 10. The zero-order valence-electron chi connectivity index (χ0n) is 22.5. The number of ketones is 2. The summed E-state index contributed by atoms with van der Waals surface area (Å²) in [6.45, 7) is 5.82. The molecule has 0 bridgehead atoms. The van der Waals surface area contributed by atoms with Crippen molar-refractivity contribution in [1.29, 1.82) is 0 Å². The predicted molar refractivity (Wildman–Crippen MR) is 138 cm³/mol. The standard InChI is InChI=1S/C27H35N3O8/c1-26(2,3)38-30(6)11-13-9-16(29(4)5)15-8-12-7-14-10-17(31)20(25(28)36)24(35)27(14,37)23(34)18(12)22(33)19(15)21(13)32/h9,12,14,32-33,35,37H,7-8,10-11H2,1-6H3,(H2,28,36)/t12-,14+,27+/m1/s1. The predicted octanol–water partition coefficient (Wildman–Crippen LogP) is 1.65. The fourth-order valence-corrected chi connectivity index (χ4v) is 5.98. The first kappa shape index (κ1) is 27.6. The average Bonchev–Trinajstić information content (AvgIpc) is 2.76. The molecule has 0 heterocycles. The van der Waals surface area contributed by atoms with Gasteiger partial charge in [0.2, 0.25) is 5.78 Å². The first-order chi connectivity index (χ1) is 17.5. The van der Waals surface area contributed by atoms with Gasteiger partial charge in [-0.05, 0) is 51.2 Å². The van der Waals surface area contributed by atoms with Crippen LogP contribution in [0, 0.1) is 11.8 Å². The largest absolute Gasteiger partial charge is 0.508 e. The molecule has 206 valence electrons. The van der Waals surface area contributed by atoms with Crippen LogP contribution < -0.4 is 10.6 Å². The van der Waals surface area contributed by atoms with Crippen molar-refractivity contribution >= 4 is 28.9 Å². The Balaban J connectivity index is 1.88.